The lowest BCUT2D eigenvalue weighted by Crippen LogP contribution is -2.45. The zero-order chi connectivity index (χ0) is 25.6. The number of ether oxygens (including phenoxy) is 2. The number of aliphatic hydroxyl groups excluding tert-OH is 1. The molecular weight excluding hydrogens is 544 g/mol. The molecule has 35 heavy (non-hydrogen) atoms. The van der Waals surface area contributed by atoms with E-state index < -0.39 is 24.2 Å². The molecule has 3 rings (SSSR count). The van der Waals surface area contributed by atoms with Crippen LogP contribution in [0.3, 0.4) is 0 Å². The predicted molar refractivity (Wildman–Crippen MR) is 133 cm³/mol. The molecule has 2 heterocycles. The van der Waals surface area contributed by atoms with Gasteiger partial charge in [0.15, 0.2) is 0 Å². The minimum Gasteiger partial charge on any atom is -0.459 e. The molecule has 1 N–H and O–H groups in total. The van der Waals surface area contributed by atoms with Crippen molar-refractivity contribution in [2.24, 2.45) is 0 Å². The lowest BCUT2D eigenvalue weighted by Gasteiger charge is -2.33. The Balaban J connectivity index is 1.60. The molecule has 2 atom stereocenters. The van der Waals surface area contributed by atoms with E-state index in [4.69, 9.17) is 9.47 Å². The van der Waals surface area contributed by atoms with Gasteiger partial charge < -0.3 is 19.5 Å². The SMILES string of the molecule is CC(C)OC(=O)c1ccc(CCCN2C(=O)OCC[C@@H]2/C=C/C(O)C(F)(F)c2cccc(Br)c2)s1. The summed E-state index contributed by atoms with van der Waals surface area (Å²) in [5, 5.41) is 10.2. The number of aryl methyl sites for hydroxylation is 1. The summed E-state index contributed by atoms with van der Waals surface area (Å²) in [6, 6.07) is 8.73. The van der Waals surface area contributed by atoms with Gasteiger partial charge in [0.1, 0.15) is 11.0 Å². The Bertz CT molecular complexity index is 1060. The second-order valence-corrected chi connectivity index (χ2v) is 10.5. The van der Waals surface area contributed by atoms with E-state index in [1.165, 1.54) is 40.5 Å². The van der Waals surface area contributed by atoms with Crippen LogP contribution in [0, 0.1) is 0 Å². The first kappa shape index (κ1) is 27.3. The molecular formula is C25H28BrF2NO5S. The van der Waals surface area contributed by atoms with E-state index in [1.807, 2.05) is 6.07 Å². The van der Waals surface area contributed by atoms with Gasteiger partial charge in [-0.3, -0.25) is 0 Å². The number of aliphatic hydroxyl groups is 1. The summed E-state index contributed by atoms with van der Waals surface area (Å²) in [5.41, 5.74) is -0.309. The number of carbonyl (C=O) groups excluding carboxylic acids is 2. The molecule has 0 spiro atoms. The number of halogens is 3. The second-order valence-electron chi connectivity index (χ2n) is 8.45. The Morgan fingerprint density at radius 3 is 2.86 bits per heavy atom. The van der Waals surface area contributed by atoms with Crippen molar-refractivity contribution in [3.63, 3.8) is 0 Å². The first-order valence-electron chi connectivity index (χ1n) is 11.3. The third kappa shape index (κ3) is 7.35. The molecule has 0 bridgehead atoms. The summed E-state index contributed by atoms with van der Waals surface area (Å²) >= 11 is 4.51. The van der Waals surface area contributed by atoms with Crippen molar-refractivity contribution in [2.45, 2.75) is 57.3 Å². The number of esters is 1. The normalized spacial score (nSPS) is 17.6. The van der Waals surface area contributed by atoms with Crippen molar-refractivity contribution < 1.29 is 33.0 Å². The highest BCUT2D eigenvalue weighted by atomic mass is 79.9. The quantitative estimate of drug-likeness (QED) is 0.282. The van der Waals surface area contributed by atoms with Crippen LogP contribution in [0.1, 0.15) is 46.8 Å². The number of hydrogen-bond acceptors (Lipinski definition) is 6. The maximum absolute atomic E-state index is 14.7. The van der Waals surface area contributed by atoms with Gasteiger partial charge in [0, 0.05) is 27.9 Å². The minimum absolute atomic E-state index is 0.175. The number of benzene rings is 1. The number of carbonyl (C=O) groups is 2. The van der Waals surface area contributed by atoms with Crippen molar-refractivity contribution in [3.8, 4) is 0 Å². The van der Waals surface area contributed by atoms with E-state index in [2.05, 4.69) is 15.9 Å². The van der Waals surface area contributed by atoms with Gasteiger partial charge in [0.25, 0.3) is 0 Å². The van der Waals surface area contributed by atoms with Crippen LogP contribution in [0.25, 0.3) is 0 Å². The summed E-state index contributed by atoms with van der Waals surface area (Å²) in [6.07, 6.45) is 1.38. The van der Waals surface area contributed by atoms with Gasteiger partial charge in [-0.05, 0) is 51.0 Å². The van der Waals surface area contributed by atoms with Crippen LogP contribution < -0.4 is 0 Å². The molecule has 0 radical (unpaired) electrons. The molecule has 10 heteroatoms. The molecule has 1 saturated heterocycles. The highest BCUT2D eigenvalue weighted by Crippen LogP contribution is 2.34. The molecule has 6 nitrogen and oxygen atoms in total. The lowest BCUT2D eigenvalue weighted by molar-refractivity contribution is -0.0930. The molecule has 0 aliphatic carbocycles. The average Bonchev–Trinajstić information content (AvgIpc) is 3.27. The number of cyclic esters (lactones) is 1. The van der Waals surface area contributed by atoms with Gasteiger partial charge in [0.2, 0.25) is 0 Å². The molecule has 1 aliphatic rings. The Morgan fingerprint density at radius 1 is 1.37 bits per heavy atom. The predicted octanol–water partition coefficient (Wildman–Crippen LogP) is 5.93. The van der Waals surface area contributed by atoms with Crippen molar-refractivity contribution in [2.75, 3.05) is 13.2 Å². The van der Waals surface area contributed by atoms with E-state index >= 15 is 0 Å². The fraction of sp³-hybridized carbons (Fsp3) is 0.440. The van der Waals surface area contributed by atoms with Crippen LogP contribution in [0.4, 0.5) is 13.6 Å². The fourth-order valence-electron chi connectivity index (χ4n) is 3.64. The number of thiophene rings is 1. The first-order chi connectivity index (χ1) is 16.6. The highest BCUT2D eigenvalue weighted by Gasteiger charge is 2.39. The molecule has 1 aliphatic heterocycles. The Hall–Kier alpha value is -2.30. The van der Waals surface area contributed by atoms with Crippen LogP contribution >= 0.6 is 27.3 Å². The van der Waals surface area contributed by atoms with Gasteiger partial charge in [-0.1, -0.05) is 40.2 Å². The van der Waals surface area contributed by atoms with Crippen LogP contribution in [-0.2, 0) is 21.8 Å². The third-order valence-corrected chi connectivity index (χ3v) is 7.02. The van der Waals surface area contributed by atoms with E-state index in [0.29, 0.717) is 35.2 Å². The number of nitrogens with zero attached hydrogens (tertiary/aromatic N) is 1. The van der Waals surface area contributed by atoms with Gasteiger partial charge >= 0.3 is 18.0 Å². The fourth-order valence-corrected chi connectivity index (χ4v) is 4.97. The van der Waals surface area contributed by atoms with Gasteiger partial charge in [-0.25, -0.2) is 9.59 Å². The van der Waals surface area contributed by atoms with E-state index in [9.17, 15) is 23.5 Å². The second kappa shape index (κ2) is 12.1. The minimum atomic E-state index is -3.49. The summed E-state index contributed by atoms with van der Waals surface area (Å²) in [4.78, 5) is 27.3. The summed E-state index contributed by atoms with van der Waals surface area (Å²) in [6.45, 7) is 4.09. The topological polar surface area (TPSA) is 76.1 Å². The molecule has 190 valence electrons. The van der Waals surface area contributed by atoms with E-state index in [-0.39, 0.29) is 24.2 Å². The van der Waals surface area contributed by atoms with Crippen LogP contribution in [0.15, 0.2) is 53.0 Å². The zero-order valence-electron chi connectivity index (χ0n) is 19.5. The molecule has 1 amide bonds. The Labute approximate surface area is 215 Å². The summed E-state index contributed by atoms with van der Waals surface area (Å²) < 4.78 is 40.3. The number of amides is 1. The Morgan fingerprint density at radius 2 is 2.14 bits per heavy atom. The van der Waals surface area contributed by atoms with E-state index in [0.717, 1.165) is 11.0 Å². The van der Waals surface area contributed by atoms with Crippen molar-refractivity contribution in [1.29, 1.82) is 0 Å². The van der Waals surface area contributed by atoms with Gasteiger partial charge in [-0.2, -0.15) is 8.78 Å². The van der Waals surface area contributed by atoms with Gasteiger partial charge in [-0.15, -0.1) is 11.3 Å². The first-order valence-corrected chi connectivity index (χ1v) is 12.9. The van der Waals surface area contributed by atoms with Crippen LogP contribution in [0.2, 0.25) is 0 Å². The molecule has 0 saturated carbocycles. The largest absolute Gasteiger partial charge is 0.459 e. The Kier molecular flexibility index (Phi) is 9.43. The molecule has 1 aromatic heterocycles. The lowest BCUT2D eigenvalue weighted by atomic mass is 10.0. The highest BCUT2D eigenvalue weighted by molar-refractivity contribution is 9.10. The number of rotatable bonds is 10. The number of hydrogen-bond donors (Lipinski definition) is 1. The van der Waals surface area contributed by atoms with Crippen molar-refractivity contribution in [3.05, 3.63) is 68.3 Å². The molecule has 2 aromatic rings. The smallest absolute Gasteiger partial charge is 0.410 e. The standard InChI is InChI=1S/C25H28BrF2NO5S/c1-16(2)34-23(31)21-10-9-20(35-21)7-4-13-29-19(12-14-33-24(29)32)8-11-22(30)25(27,28)17-5-3-6-18(26)15-17/h3,5-6,8-11,15-16,19,22,30H,4,7,12-14H2,1-2H3/b11-8+/t19-,22?/m0/s1. The van der Waals surface area contributed by atoms with Crippen LogP contribution in [0.5, 0.6) is 0 Å². The summed E-state index contributed by atoms with van der Waals surface area (Å²) in [5.74, 6) is -3.85. The molecule has 1 aromatic carbocycles. The summed E-state index contributed by atoms with van der Waals surface area (Å²) in [7, 11) is 0. The van der Waals surface area contributed by atoms with E-state index in [1.54, 1.807) is 26.0 Å². The van der Waals surface area contributed by atoms with Crippen molar-refractivity contribution >= 4 is 39.3 Å². The van der Waals surface area contributed by atoms with Crippen molar-refractivity contribution in [1.82, 2.24) is 4.90 Å². The molecule has 1 unspecified atom stereocenters. The molecule has 1 fully saturated rings. The zero-order valence-corrected chi connectivity index (χ0v) is 21.9. The maximum Gasteiger partial charge on any atom is 0.410 e. The average molecular weight is 572 g/mol. The van der Waals surface area contributed by atoms with Crippen LogP contribution in [-0.4, -0.2) is 53.5 Å². The third-order valence-electron chi connectivity index (χ3n) is 5.40. The van der Waals surface area contributed by atoms with Gasteiger partial charge in [0.05, 0.1) is 18.8 Å². The number of alkyl halides is 2. The maximum atomic E-state index is 14.7. The monoisotopic (exact) mass is 571 g/mol.